The molecule has 0 aliphatic heterocycles. The lowest BCUT2D eigenvalue weighted by Gasteiger charge is -2.03. The molecular weight excluding hydrogens is 192 g/mol. The summed E-state index contributed by atoms with van der Waals surface area (Å²) in [6.07, 6.45) is 1.89. The van der Waals surface area contributed by atoms with Crippen LogP contribution in [0.1, 0.15) is 27.7 Å². The molecule has 2 atom stereocenters. The lowest BCUT2D eigenvalue weighted by molar-refractivity contribution is -0.145. The summed E-state index contributed by atoms with van der Waals surface area (Å²) in [4.78, 5) is 11.6. The Morgan fingerprint density at radius 1 is 1.47 bits per heavy atom. The highest BCUT2D eigenvalue weighted by Gasteiger charge is 2.63. The zero-order valence-electron chi connectivity index (χ0n) is 9.91. The van der Waals surface area contributed by atoms with Crippen molar-refractivity contribution in [2.75, 3.05) is 13.2 Å². The van der Waals surface area contributed by atoms with Gasteiger partial charge in [-0.3, -0.25) is 4.79 Å². The second-order valence-corrected chi connectivity index (χ2v) is 4.55. The first-order chi connectivity index (χ1) is 7.00. The quantitative estimate of drug-likeness (QED) is 0.570. The molecule has 0 heterocycles. The molecule has 15 heavy (non-hydrogen) atoms. The van der Waals surface area contributed by atoms with Gasteiger partial charge in [0.25, 0.3) is 0 Å². The van der Waals surface area contributed by atoms with Crippen LogP contribution in [0.5, 0.6) is 0 Å². The van der Waals surface area contributed by atoms with Crippen molar-refractivity contribution in [3.8, 4) is 0 Å². The molecule has 1 aliphatic rings. The van der Waals surface area contributed by atoms with E-state index in [9.17, 15) is 9.90 Å². The van der Waals surface area contributed by atoms with Crippen molar-refractivity contribution in [1.29, 1.82) is 0 Å². The highest BCUT2D eigenvalue weighted by molar-refractivity contribution is 5.78. The maximum atomic E-state index is 11.6. The Bertz CT molecular complexity index is 279. The predicted molar refractivity (Wildman–Crippen MR) is 58.2 cm³/mol. The lowest BCUT2D eigenvalue weighted by atomic mass is 10.0. The van der Waals surface area contributed by atoms with Gasteiger partial charge in [-0.2, -0.15) is 0 Å². The largest absolute Gasteiger partial charge is 0.466 e. The number of hydrogen-bond donors (Lipinski definition) is 1. The molecule has 86 valence electrons. The molecule has 0 radical (unpaired) electrons. The first-order valence-electron chi connectivity index (χ1n) is 5.43. The third kappa shape index (κ3) is 2.07. The second-order valence-electron chi connectivity index (χ2n) is 4.55. The maximum Gasteiger partial charge on any atom is 0.310 e. The molecule has 1 N–H and O–H groups in total. The van der Waals surface area contributed by atoms with E-state index >= 15 is 0 Å². The van der Waals surface area contributed by atoms with Crippen LogP contribution in [0.25, 0.3) is 0 Å². The van der Waals surface area contributed by atoms with Crippen molar-refractivity contribution in [3.05, 3.63) is 11.6 Å². The van der Waals surface area contributed by atoms with E-state index in [1.54, 1.807) is 0 Å². The normalized spacial score (nSPS) is 28.7. The minimum atomic E-state index is -0.139. The number of ether oxygens (including phenoxy) is 1. The Labute approximate surface area is 91.1 Å². The van der Waals surface area contributed by atoms with Gasteiger partial charge >= 0.3 is 5.97 Å². The van der Waals surface area contributed by atoms with Gasteiger partial charge in [-0.15, -0.1) is 0 Å². The summed E-state index contributed by atoms with van der Waals surface area (Å²) in [5.41, 5.74) is 0.870. The van der Waals surface area contributed by atoms with E-state index in [0.717, 1.165) is 5.57 Å². The number of esters is 1. The average Bonchev–Trinajstić information content (AvgIpc) is 2.72. The molecule has 0 aromatic carbocycles. The van der Waals surface area contributed by atoms with Crippen molar-refractivity contribution in [2.24, 2.45) is 17.3 Å². The third-order valence-electron chi connectivity index (χ3n) is 3.32. The van der Waals surface area contributed by atoms with E-state index in [-0.39, 0.29) is 29.8 Å². The average molecular weight is 212 g/mol. The molecule has 1 fully saturated rings. The van der Waals surface area contributed by atoms with Crippen LogP contribution in [0.4, 0.5) is 0 Å². The predicted octanol–water partition coefficient (Wildman–Crippen LogP) is 1.76. The number of rotatable bonds is 4. The van der Waals surface area contributed by atoms with Gasteiger partial charge in [0.2, 0.25) is 0 Å². The molecule has 0 spiro atoms. The highest BCUT2D eigenvalue weighted by Crippen LogP contribution is 2.61. The number of aliphatic hydroxyl groups excluding tert-OH is 1. The Balaban J connectivity index is 2.74. The molecule has 1 rings (SSSR count). The lowest BCUT2D eigenvalue weighted by Crippen LogP contribution is -2.10. The summed E-state index contributed by atoms with van der Waals surface area (Å²) in [5.74, 6) is -0.0809. The smallest absolute Gasteiger partial charge is 0.310 e. The monoisotopic (exact) mass is 212 g/mol. The Morgan fingerprint density at radius 3 is 2.47 bits per heavy atom. The minimum Gasteiger partial charge on any atom is -0.466 e. The molecule has 1 saturated carbocycles. The standard InChI is InChI=1S/C12H20O3/c1-5-8(7-13)9-10(12(9,3)4)11(14)15-6-2/h5,9-10,13H,6-7H2,1-4H3. The van der Waals surface area contributed by atoms with Crippen LogP contribution in [0.15, 0.2) is 11.6 Å². The number of carbonyl (C=O) groups excluding carboxylic acids is 1. The molecule has 3 nitrogen and oxygen atoms in total. The summed E-state index contributed by atoms with van der Waals surface area (Å²) in [7, 11) is 0. The van der Waals surface area contributed by atoms with Crippen molar-refractivity contribution >= 4 is 5.97 Å². The summed E-state index contributed by atoms with van der Waals surface area (Å²) >= 11 is 0. The molecule has 3 heteroatoms. The number of hydrogen-bond acceptors (Lipinski definition) is 3. The third-order valence-corrected chi connectivity index (χ3v) is 3.32. The van der Waals surface area contributed by atoms with Crippen LogP contribution in [-0.4, -0.2) is 24.3 Å². The summed E-state index contributed by atoms with van der Waals surface area (Å²) in [6.45, 7) is 8.23. The van der Waals surface area contributed by atoms with E-state index < -0.39 is 0 Å². The SMILES string of the molecule is CC=C(CO)C1C(C(=O)OCC)C1(C)C. The Morgan fingerprint density at radius 2 is 2.07 bits per heavy atom. The topological polar surface area (TPSA) is 46.5 Å². The summed E-state index contributed by atoms with van der Waals surface area (Å²) in [5, 5.41) is 9.18. The zero-order valence-corrected chi connectivity index (χ0v) is 9.91. The van der Waals surface area contributed by atoms with Crippen molar-refractivity contribution < 1.29 is 14.6 Å². The van der Waals surface area contributed by atoms with Crippen molar-refractivity contribution in [1.82, 2.24) is 0 Å². The van der Waals surface area contributed by atoms with Gasteiger partial charge < -0.3 is 9.84 Å². The minimum absolute atomic E-state index is 0.0283. The molecule has 0 aromatic rings. The fraction of sp³-hybridized carbons (Fsp3) is 0.750. The number of carbonyl (C=O) groups is 1. The maximum absolute atomic E-state index is 11.6. The van der Waals surface area contributed by atoms with Crippen LogP contribution in [-0.2, 0) is 9.53 Å². The molecule has 1 aliphatic carbocycles. The van der Waals surface area contributed by atoms with Gasteiger partial charge in [-0.05, 0) is 24.8 Å². The van der Waals surface area contributed by atoms with E-state index in [4.69, 9.17) is 4.74 Å². The van der Waals surface area contributed by atoms with Gasteiger partial charge in [0, 0.05) is 5.92 Å². The zero-order chi connectivity index (χ0) is 11.6. The Hall–Kier alpha value is -0.830. The summed E-state index contributed by atoms with van der Waals surface area (Å²) in [6, 6.07) is 0. The van der Waals surface area contributed by atoms with Gasteiger partial charge in [-0.1, -0.05) is 19.9 Å². The van der Waals surface area contributed by atoms with Gasteiger partial charge in [0.1, 0.15) is 0 Å². The van der Waals surface area contributed by atoms with E-state index in [1.807, 2.05) is 33.8 Å². The van der Waals surface area contributed by atoms with Crippen LogP contribution in [0, 0.1) is 17.3 Å². The van der Waals surface area contributed by atoms with E-state index in [1.165, 1.54) is 0 Å². The van der Waals surface area contributed by atoms with Crippen LogP contribution < -0.4 is 0 Å². The van der Waals surface area contributed by atoms with Crippen LogP contribution in [0.2, 0.25) is 0 Å². The number of aliphatic hydroxyl groups is 1. The summed E-state index contributed by atoms with van der Waals surface area (Å²) < 4.78 is 5.02. The van der Waals surface area contributed by atoms with Gasteiger partial charge in [0.05, 0.1) is 19.1 Å². The van der Waals surface area contributed by atoms with Crippen molar-refractivity contribution in [3.63, 3.8) is 0 Å². The van der Waals surface area contributed by atoms with Crippen LogP contribution in [0.3, 0.4) is 0 Å². The molecule has 0 saturated heterocycles. The van der Waals surface area contributed by atoms with Crippen LogP contribution >= 0.6 is 0 Å². The van der Waals surface area contributed by atoms with E-state index in [2.05, 4.69) is 0 Å². The van der Waals surface area contributed by atoms with Gasteiger partial charge in [0.15, 0.2) is 0 Å². The number of allylic oxidation sites excluding steroid dienone is 1. The van der Waals surface area contributed by atoms with Crippen molar-refractivity contribution in [2.45, 2.75) is 27.7 Å². The highest BCUT2D eigenvalue weighted by atomic mass is 16.5. The molecule has 0 amide bonds. The molecule has 0 aromatic heterocycles. The molecule has 0 bridgehead atoms. The molecular formula is C12H20O3. The van der Waals surface area contributed by atoms with E-state index in [0.29, 0.717) is 6.61 Å². The fourth-order valence-electron chi connectivity index (χ4n) is 2.37. The second kappa shape index (κ2) is 4.35. The fourth-order valence-corrected chi connectivity index (χ4v) is 2.37. The molecule has 2 unspecified atom stereocenters. The first kappa shape index (κ1) is 12.2. The first-order valence-corrected chi connectivity index (χ1v) is 5.43. The Kier molecular flexibility index (Phi) is 3.55. The van der Waals surface area contributed by atoms with Gasteiger partial charge in [-0.25, -0.2) is 0 Å².